The average Bonchev–Trinajstić information content (AvgIpc) is 2.81. The molecule has 0 atom stereocenters. The number of carboxylic acids is 1. The molecule has 5 heteroatoms. The standard InChI is InChI=1S/C31H37NO4/c1-22-19-27(15-16-29(22)36-21-30(33)34)35-18-17-28(24-9-7-23(8-10-24)20-32(5)6)25-11-13-26(14-12-25)31(2,3)4/h7-17,19H,18,20-21H2,1-6H3,(H,33,34)/b28-17+. The van der Waals surface area contributed by atoms with Gasteiger partial charge in [-0.1, -0.05) is 69.3 Å². The molecule has 0 unspecified atom stereocenters. The van der Waals surface area contributed by atoms with Crippen molar-refractivity contribution >= 4 is 11.5 Å². The highest BCUT2D eigenvalue weighted by Gasteiger charge is 2.14. The van der Waals surface area contributed by atoms with E-state index in [1.54, 1.807) is 12.1 Å². The molecule has 0 fully saturated rings. The quantitative estimate of drug-likeness (QED) is 0.362. The number of nitrogens with zero attached hydrogens (tertiary/aromatic N) is 1. The fourth-order valence-corrected chi connectivity index (χ4v) is 3.94. The van der Waals surface area contributed by atoms with Crippen LogP contribution < -0.4 is 9.47 Å². The number of carbonyl (C=O) groups is 1. The second-order valence-electron chi connectivity index (χ2n) is 10.3. The zero-order valence-corrected chi connectivity index (χ0v) is 22.2. The second kappa shape index (κ2) is 11.9. The van der Waals surface area contributed by atoms with Crippen molar-refractivity contribution < 1.29 is 19.4 Å². The Labute approximate surface area is 215 Å². The number of ether oxygens (including phenoxy) is 2. The summed E-state index contributed by atoms with van der Waals surface area (Å²) in [6, 6.07) is 22.8. The minimum atomic E-state index is -1.00. The molecule has 0 heterocycles. The van der Waals surface area contributed by atoms with Crippen LogP contribution in [0.5, 0.6) is 11.5 Å². The first-order chi connectivity index (χ1) is 17.0. The largest absolute Gasteiger partial charge is 0.489 e. The maximum atomic E-state index is 10.8. The van der Waals surface area contributed by atoms with E-state index in [1.807, 2.05) is 13.0 Å². The van der Waals surface area contributed by atoms with Crippen LogP contribution in [-0.4, -0.2) is 43.3 Å². The summed E-state index contributed by atoms with van der Waals surface area (Å²) in [6.45, 7) is 9.45. The van der Waals surface area contributed by atoms with Crippen LogP contribution in [0.25, 0.3) is 5.57 Å². The highest BCUT2D eigenvalue weighted by Crippen LogP contribution is 2.29. The van der Waals surface area contributed by atoms with Crippen molar-refractivity contribution in [3.8, 4) is 11.5 Å². The molecule has 0 amide bonds. The van der Waals surface area contributed by atoms with E-state index in [2.05, 4.69) is 94.4 Å². The van der Waals surface area contributed by atoms with Gasteiger partial charge in [0, 0.05) is 6.54 Å². The minimum Gasteiger partial charge on any atom is -0.489 e. The number of aryl methyl sites for hydroxylation is 1. The molecule has 3 rings (SSSR count). The minimum absolute atomic E-state index is 0.0948. The van der Waals surface area contributed by atoms with Crippen molar-refractivity contribution in [3.63, 3.8) is 0 Å². The molecule has 0 radical (unpaired) electrons. The fraction of sp³-hybridized carbons (Fsp3) is 0.323. The van der Waals surface area contributed by atoms with Crippen molar-refractivity contribution in [2.24, 2.45) is 0 Å². The Morgan fingerprint density at radius 2 is 1.53 bits per heavy atom. The summed E-state index contributed by atoms with van der Waals surface area (Å²) in [5.74, 6) is 0.241. The third-order valence-corrected chi connectivity index (χ3v) is 5.86. The molecule has 0 saturated carbocycles. The molecule has 0 aliphatic rings. The number of carboxylic acid groups (broad SMARTS) is 1. The molecule has 0 spiro atoms. The predicted octanol–water partition coefficient (Wildman–Crippen LogP) is 6.33. The van der Waals surface area contributed by atoms with Crippen molar-refractivity contribution in [1.82, 2.24) is 4.90 Å². The number of benzene rings is 3. The molecular weight excluding hydrogens is 450 g/mol. The molecule has 5 nitrogen and oxygen atoms in total. The van der Waals surface area contributed by atoms with Gasteiger partial charge in [-0.3, -0.25) is 0 Å². The molecular formula is C31H37NO4. The maximum absolute atomic E-state index is 10.8. The van der Waals surface area contributed by atoms with Crippen LogP contribution in [0.1, 0.15) is 48.6 Å². The lowest BCUT2D eigenvalue weighted by molar-refractivity contribution is -0.139. The zero-order valence-electron chi connectivity index (χ0n) is 22.2. The number of hydrogen-bond acceptors (Lipinski definition) is 4. The van der Waals surface area contributed by atoms with Gasteiger partial charge in [0.15, 0.2) is 6.61 Å². The molecule has 1 N–H and O–H groups in total. The Morgan fingerprint density at radius 3 is 2.06 bits per heavy atom. The maximum Gasteiger partial charge on any atom is 0.341 e. The first-order valence-electron chi connectivity index (χ1n) is 12.2. The number of rotatable bonds is 10. The molecule has 190 valence electrons. The summed E-state index contributed by atoms with van der Waals surface area (Å²) >= 11 is 0. The highest BCUT2D eigenvalue weighted by atomic mass is 16.5. The van der Waals surface area contributed by atoms with Crippen LogP contribution in [0.3, 0.4) is 0 Å². The van der Waals surface area contributed by atoms with Gasteiger partial charge in [0.1, 0.15) is 18.1 Å². The lowest BCUT2D eigenvalue weighted by Gasteiger charge is -2.20. The third kappa shape index (κ3) is 7.72. The van der Waals surface area contributed by atoms with Crippen LogP contribution in [0.4, 0.5) is 0 Å². The van der Waals surface area contributed by atoms with E-state index in [0.717, 1.165) is 28.8 Å². The lowest BCUT2D eigenvalue weighted by atomic mass is 9.85. The molecule has 0 aromatic heterocycles. The van der Waals surface area contributed by atoms with E-state index in [0.29, 0.717) is 18.1 Å². The summed E-state index contributed by atoms with van der Waals surface area (Å²) in [5, 5.41) is 8.83. The topological polar surface area (TPSA) is 59.0 Å². The Balaban J connectivity index is 1.83. The van der Waals surface area contributed by atoms with Crippen LogP contribution in [-0.2, 0) is 16.8 Å². The van der Waals surface area contributed by atoms with Crippen LogP contribution in [0, 0.1) is 6.92 Å². The van der Waals surface area contributed by atoms with Gasteiger partial charge in [0.05, 0.1) is 0 Å². The summed E-state index contributed by atoms with van der Waals surface area (Å²) in [5.41, 5.74) is 6.88. The summed E-state index contributed by atoms with van der Waals surface area (Å²) in [7, 11) is 4.14. The molecule has 0 bridgehead atoms. The summed E-state index contributed by atoms with van der Waals surface area (Å²) < 4.78 is 11.3. The lowest BCUT2D eigenvalue weighted by Crippen LogP contribution is -2.11. The van der Waals surface area contributed by atoms with E-state index in [4.69, 9.17) is 14.6 Å². The van der Waals surface area contributed by atoms with E-state index in [1.165, 1.54) is 11.1 Å². The highest BCUT2D eigenvalue weighted by molar-refractivity contribution is 5.80. The molecule has 3 aromatic rings. The van der Waals surface area contributed by atoms with Crippen molar-refractivity contribution in [3.05, 3.63) is 101 Å². The predicted molar refractivity (Wildman–Crippen MR) is 146 cm³/mol. The Bertz CT molecular complexity index is 1190. The first-order valence-corrected chi connectivity index (χ1v) is 12.2. The Hall–Kier alpha value is -3.57. The van der Waals surface area contributed by atoms with Crippen molar-refractivity contribution in [2.45, 2.75) is 39.7 Å². The normalized spacial score (nSPS) is 12.0. The van der Waals surface area contributed by atoms with Gasteiger partial charge in [-0.2, -0.15) is 0 Å². The zero-order chi connectivity index (χ0) is 26.3. The average molecular weight is 488 g/mol. The Morgan fingerprint density at radius 1 is 0.917 bits per heavy atom. The van der Waals surface area contributed by atoms with Crippen molar-refractivity contribution in [1.29, 1.82) is 0 Å². The monoisotopic (exact) mass is 487 g/mol. The number of aliphatic carboxylic acids is 1. The van der Waals surface area contributed by atoms with Gasteiger partial charge in [-0.05, 0) is 84.1 Å². The second-order valence-corrected chi connectivity index (χ2v) is 10.3. The first kappa shape index (κ1) is 27.0. The van der Waals surface area contributed by atoms with Gasteiger partial charge in [0.25, 0.3) is 0 Å². The van der Waals surface area contributed by atoms with E-state index >= 15 is 0 Å². The van der Waals surface area contributed by atoms with Crippen LogP contribution >= 0.6 is 0 Å². The smallest absolute Gasteiger partial charge is 0.341 e. The SMILES string of the molecule is Cc1cc(OC/C=C(\c2ccc(CN(C)C)cc2)c2ccc(C(C)(C)C)cc2)ccc1OCC(=O)O. The van der Waals surface area contributed by atoms with Crippen molar-refractivity contribution in [2.75, 3.05) is 27.3 Å². The molecule has 0 saturated heterocycles. The van der Waals surface area contributed by atoms with Gasteiger partial charge < -0.3 is 19.5 Å². The van der Waals surface area contributed by atoms with Gasteiger partial charge in [0.2, 0.25) is 0 Å². The van der Waals surface area contributed by atoms with E-state index in [-0.39, 0.29) is 12.0 Å². The van der Waals surface area contributed by atoms with Gasteiger partial charge >= 0.3 is 5.97 Å². The molecule has 36 heavy (non-hydrogen) atoms. The van der Waals surface area contributed by atoms with E-state index < -0.39 is 5.97 Å². The van der Waals surface area contributed by atoms with E-state index in [9.17, 15) is 4.79 Å². The fourth-order valence-electron chi connectivity index (χ4n) is 3.94. The molecule has 0 aliphatic heterocycles. The molecule has 0 aliphatic carbocycles. The van der Waals surface area contributed by atoms with Gasteiger partial charge in [-0.15, -0.1) is 0 Å². The van der Waals surface area contributed by atoms with Crippen LogP contribution in [0.15, 0.2) is 72.8 Å². The number of hydrogen-bond donors (Lipinski definition) is 1. The molecule has 3 aromatic carbocycles. The summed E-state index contributed by atoms with van der Waals surface area (Å²) in [4.78, 5) is 12.9. The van der Waals surface area contributed by atoms with Crippen LogP contribution in [0.2, 0.25) is 0 Å². The van der Waals surface area contributed by atoms with Gasteiger partial charge in [-0.25, -0.2) is 4.79 Å². The Kier molecular flexibility index (Phi) is 8.94. The summed E-state index contributed by atoms with van der Waals surface area (Å²) in [6.07, 6.45) is 2.11. The third-order valence-electron chi connectivity index (χ3n) is 5.86.